The number of allylic oxidation sites excluding steroid dienone is 1. The van der Waals surface area contributed by atoms with Gasteiger partial charge in [0.1, 0.15) is 5.75 Å². The van der Waals surface area contributed by atoms with Gasteiger partial charge in [-0.05, 0) is 59.9 Å². The molecule has 136 valence electrons. The molecule has 2 aliphatic carbocycles. The molecule has 3 heteroatoms. The lowest BCUT2D eigenvalue weighted by Crippen LogP contribution is -2.32. The molecule has 2 aliphatic rings. The Kier molecular flexibility index (Phi) is 5.06. The highest BCUT2D eigenvalue weighted by atomic mass is 16.7. The van der Waals surface area contributed by atoms with E-state index in [4.69, 9.17) is 9.47 Å². The molecule has 1 aromatic rings. The van der Waals surface area contributed by atoms with Crippen LogP contribution in [-0.4, -0.2) is 19.2 Å². The predicted molar refractivity (Wildman–Crippen MR) is 100 cm³/mol. The van der Waals surface area contributed by atoms with Crippen molar-refractivity contribution in [2.24, 2.45) is 16.7 Å². The Morgan fingerprint density at radius 3 is 2.76 bits per heavy atom. The van der Waals surface area contributed by atoms with Crippen LogP contribution in [0.25, 0.3) is 6.08 Å². The van der Waals surface area contributed by atoms with Crippen LogP contribution in [-0.2, 0) is 9.53 Å². The second-order valence-corrected chi connectivity index (χ2v) is 8.17. The Hall–Kier alpha value is -1.61. The van der Waals surface area contributed by atoms with Crippen LogP contribution in [0.4, 0.5) is 0 Å². The van der Waals surface area contributed by atoms with Crippen LogP contribution in [0.3, 0.4) is 0 Å². The summed E-state index contributed by atoms with van der Waals surface area (Å²) in [5, 5.41) is 0. The molecule has 0 aliphatic heterocycles. The molecule has 0 N–H and O–H groups in total. The van der Waals surface area contributed by atoms with Gasteiger partial charge in [-0.25, -0.2) is 0 Å². The first-order valence-corrected chi connectivity index (χ1v) is 9.47. The third-order valence-electron chi connectivity index (χ3n) is 6.50. The monoisotopic (exact) mass is 342 g/mol. The number of unbranched alkanes of at least 4 members (excludes halogenated alkanes) is 1. The van der Waals surface area contributed by atoms with Gasteiger partial charge in [0, 0.05) is 5.41 Å². The molecule has 2 bridgehead atoms. The van der Waals surface area contributed by atoms with E-state index in [1.807, 2.05) is 24.3 Å². The Bertz CT molecular complexity index is 674. The molecule has 0 saturated heterocycles. The molecule has 0 aromatic heterocycles. The van der Waals surface area contributed by atoms with Crippen molar-refractivity contribution < 1.29 is 14.3 Å². The van der Waals surface area contributed by atoms with E-state index >= 15 is 0 Å². The van der Waals surface area contributed by atoms with E-state index in [0.29, 0.717) is 11.7 Å². The second kappa shape index (κ2) is 6.95. The molecule has 2 atom stereocenters. The van der Waals surface area contributed by atoms with Gasteiger partial charge in [-0.1, -0.05) is 46.2 Å². The minimum absolute atomic E-state index is 0.0527. The summed E-state index contributed by atoms with van der Waals surface area (Å²) in [7, 11) is 0. The Morgan fingerprint density at radius 2 is 2.08 bits per heavy atom. The maximum absolute atomic E-state index is 12.9. The van der Waals surface area contributed by atoms with Crippen LogP contribution in [0.5, 0.6) is 5.75 Å². The highest BCUT2D eigenvalue weighted by Gasteiger charge is 2.63. The van der Waals surface area contributed by atoms with Gasteiger partial charge in [0.05, 0.1) is 6.61 Å². The predicted octanol–water partition coefficient (Wildman–Crippen LogP) is 5.25. The lowest BCUT2D eigenvalue weighted by Gasteiger charge is -2.31. The molecule has 25 heavy (non-hydrogen) atoms. The number of hydrogen-bond donors (Lipinski definition) is 0. The largest absolute Gasteiger partial charge is 0.468 e. The van der Waals surface area contributed by atoms with Gasteiger partial charge < -0.3 is 9.47 Å². The van der Waals surface area contributed by atoms with Crippen molar-refractivity contribution in [1.29, 1.82) is 0 Å². The van der Waals surface area contributed by atoms with Crippen molar-refractivity contribution in [1.82, 2.24) is 0 Å². The van der Waals surface area contributed by atoms with Gasteiger partial charge in [0.25, 0.3) is 0 Å². The van der Waals surface area contributed by atoms with Crippen molar-refractivity contribution in [3.8, 4) is 5.75 Å². The molecule has 0 radical (unpaired) electrons. The lowest BCUT2D eigenvalue weighted by atomic mass is 9.70. The molecule has 3 rings (SSSR count). The average molecular weight is 342 g/mol. The molecule has 2 fully saturated rings. The highest BCUT2D eigenvalue weighted by molar-refractivity contribution is 6.07. The zero-order valence-electron chi connectivity index (χ0n) is 15.9. The molecular weight excluding hydrogens is 312 g/mol. The number of hydrogen-bond acceptors (Lipinski definition) is 3. The fourth-order valence-electron chi connectivity index (χ4n) is 4.38. The van der Waals surface area contributed by atoms with Gasteiger partial charge >= 0.3 is 0 Å². The van der Waals surface area contributed by atoms with Gasteiger partial charge in [-0.2, -0.15) is 0 Å². The molecule has 0 heterocycles. The first kappa shape index (κ1) is 18.2. The summed E-state index contributed by atoms with van der Waals surface area (Å²) in [4.78, 5) is 12.9. The van der Waals surface area contributed by atoms with E-state index in [9.17, 15) is 4.79 Å². The lowest BCUT2D eigenvalue weighted by molar-refractivity contribution is -0.125. The van der Waals surface area contributed by atoms with Crippen molar-refractivity contribution in [2.75, 3.05) is 13.4 Å². The summed E-state index contributed by atoms with van der Waals surface area (Å²) in [5.41, 5.74) is 1.87. The van der Waals surface area contributed by atoms with Gasteiger partial charge in [-0.15, -0.1) is 0 Å². The van der Waals surface area contributed by atoms with Crippen LogP contribution < -0.4 is 4.74 Å². The van der Waals surface area contributed by atoms with Gasteiger partial charge in [-0.3, -0.25) is 4.79 Å². The van der Waals surface area contributed by atoms with Gasteiger partial charge in [0.15, 0.2) is 12.6 Å². The third kappa shape index (κ3) is 3.15. The number of fused-ring (bicyclic) bond motifs is 2. The highest BCUT2D eigenvalue weighted by Crippen LogP contribution is 2.65. The van der Waals surface area contributed by atoms with Crippen LogP contribution >= 0.6 is 0 Å². The number of Topliss-reactive ketones (excluding diaryl/α,β-unsaturated/α-hetero) is 1. The normalized spacial score (nSPS) is 28.7. The molecule has 1 aromatic carbocycles. The maximum atomic E-state index is 12.9. The minimum Gasteiger partial charge on any atom is -0.468 e. The second-order valence-electron chi connectivity index (χ2n) is 8.17. The molecule has 2 saturated carbocycles. The fraction of sp³-hybridized carbons (Fsp3) is 0.591. The summed E-state index contributed by atoms with van der Waals surface area (Å²) in [6.07, 6.45) is 6.37. The third-order valence-corrected chi connectivity index (χ3v) is 6.50. The van der Waals surface area contributed by atoms with E-state index in [1.54, 1.807) is 0 Å². The maximum Gasteiger partial charge on any atom is 0.189 e. The van der Waals surface area contributed by atoms with Crippen LogP contribution in [0.1, 0.15) is 58.9 Å². The van der Waals surface area contributed by atoms with E-state index in [2.05, 4.69) is 33.8 Å². The number of ether oxygens (including phenoxy) is 2. The molecule has 0 amide bonds. The fourth-order valence-corrected chi connectivity index (χ4v) is 4.38. The van der Waals surface area contributed by atoms with Crippen LogP contribution in [0, 0.1) is 16.7 Å². The standard InChI is InChI=1S/C22H30O3/c1-5-6-12-24-15-25-17-9-7-8-16(13-17)14-18-19-10-11-22(4,20(18)23)21(19,2)3/h7-9,13-14,19H,5-6,10-12,15H2,1-4H3/b18-14+. The summed E-state index contributed by atoms with van der Waals surface area (Å²) in [6, 6.07) is 7.93. The van der Waals surface area contributed by atoms with E-state index in [0.717, 1.165) is 49.2 Å². The molecular formula is C22H30O3. The Labute approximate surface area is 151 Å². The Balaban J connectivity index is 1.72. The zero-order valence-corrected chi connectivity index (χ0v) is 15.9. The first-order chi connectivity index (χ1) is 11.9. The molecule has 3 nitrogen and oxygen atoms in total. The quantitative estimate of drug-likeness (QED) is 0.386. The number of carbonyl (C=O) groups excluding carboxylic acids is 1. The minimum atomic E-state index is -0.204. The summed E-state index contributed by atoms with van der Waals surface area (Å²) in [6.45, 7) is 9.77. The summed E-state index contributed by atoms with van der Waals surface area (Å²) in [5.74, 6) is 1.49. The van der Waals surface area contributed by atoms with Crippen LogP contribution in [0.15, 0.2) is 29.8 Å². The first-order valence-electron chi connectivity index (χ1n) is 9.47. The Morgan fingerprint density at radius 1 is 1.28 bits per heavy atom. The van der Waals surface area contributed by atoms with E-state index in [1.165, 1.54) is 0 Å². The number of carbonyl (C=O) groups is 1. The van der Waals surface area contributed by atoms with E-state index in [-0.39, 0.29) is 17.6 Å². The van der Waals surface area contributed by atoms with Crippen molar-refractivity contribution in [3.63, 3.8) is 0 Å². The molecule has 0 spiro atoms. The topological polar surface area (TPSA) is 35.5 Å². The number of benzene rings is 1. The average Bonchev–Trinajstić information content (AvgIpc) is 2.89. The van der Waals surface area contributed by atoms with Gasteiger partial charge in [0.2, 0.25) is 0 Å². The summed E-state index contributed by atoms with van der Waals surface area (Å²) < 4.78 is 11.1. The summed E-state index contributed by atoms with van der Waals surface area (Å²) >= 11 is 0. The van der Waals surface area contributed by atoms with Crippen molar-refractivity contribution in [3.05, 3.63) is 35.4 Å². The number of rotatable bonds is 7. The zero-order chi connectivity index (χ0) is 18.1. The molecule has 2 unspecified atom stereocenters. The van der Waals surface area contributed by atoms with Crippen LogP contribution in [0.2, 0.25) is 0 Å². The SMILES string of the molecule is CCCCOCOc1cccc(/C=C2/C(=O)C3(C)CCC2C3(C)C)c1. The van der Waals surface area contributed by atoms with E-state index < -0.39 is 0 Å². The smallest absolute Gasteiger partial charge is 0.189 e. The van der Waals surface area contributed by atoms with Crippen molar-refractivity contribution >= 4 is 11.9 Å². The number of ketones is 1. The van der Waals surface area contributed by atoms with Crippen molar-refractivity contribution in [2.45, 2.75) is 53.4 Å².